The van der Waals surface area contributed by atoms with Gasteiger partial charge in [0, 0.05) is 11.4 Å². The molecule has 2 aromatic rings. The van der Waals surface area contributed by atoms with Crippen LogP contribution in [0.3, 0.4) is 0 Å². The molecule has 0 aliphatic rings. The molecule has 0 aromatic heterocycles. The van der Waals surface area contributed by atoms with Gasteiger partial charge in [0.15, 0.2) is 0 Å². The predicted octanol–water partition coefficient (Wildman–Crippen LogP) is 2.58. The van der Waals surface area contributed by atoms with Gasteiger partial charge in [0.2, 0.25) is 0 Å². The summed E-state index contributed by atoms with van der Waals surface area (Å²) in [6.07, 6.45) is 0.799. The molecule has 0 amide bonds. The van der Waals surface area contributed by atoms with Crippen LogP contribution in [0.15, 0.2) is 42.5 Å². The van der Waals surface area contributed by atoms with E-state index >= 15 is 0 Å². The highest BCUT2D eigenvalue weighted by molar-refractivity contribution is 5.88. The molecule has 102 valence electrons. The molecule has 0 heterocycles. The quantitative estimate of drug-likeness (QED) is 0.803. The van der Waals surface area contributed by atoms with Gasteiger partial charge in [0.1, 0.15) is 5.75 Å². The van der Waals surface area contributed by atoms with Crippen LogP contribution >= 0.6 is 0 Å². The van der Waals surface area contributed by atoms with E-state index in [0.29, 0.717) is 6.61 Å². The summed E-state index contributed by atoms with van der Waals surface area (Å²) in [5, 5.41) is 14.8. The minimum atomic E-state index is 0.111. The Balaban J connectivity index is 1.98. The van der Waals surface area contributed by atoms with E-state index in [4.69, 9.17) is 4.74 Å². The van der Waals surface area contributed by atoms with Crippen LogP contribution in [-0.4, -0.2) is 30.9 Å². The summed E-state index contributed by atoms with van der Waals surface area (Å²) in [7, 11) is 0. The molecule has 0 saturated carbocycles. The lowest BCUT2D eigenvalue weighted by molar-refractivity contribution is 0.211. The number of rotatable bonds is 7. The van der Waals surface area contributed by atoms with Crippen molar-refractivity contribution in [1.82, 2.24) is 5.32 Å². The second-order valence-corrected chi connectivity index (χ2v) is 4.55. The highest BCUT2D eigenvalue weighted by atomic mass is 16.5. The summed E-state index contributed by atoms with van der Waals surface area (Å²) < 4.78 is 5.85. The molecule has 3 heteroatoms. The predicted molar refractivity (Wildman–Crippen MR) is 78.6 cm³/mol. The van der Waals surface area contributed by atoms with Crippen molar-refractivity contribution in [1.29, 1.82) is 0 Å². The van der Waals surface area contributed by atoms with E-state index in [1.54, 1.807) is 0 Å². The summed E-state index contributed by atoms with van der Waals surface area (Å²) >= 11 is 0. The molecule has 0 radical (unpaired) electrons. The smallest absolute Gasteiger partial charge is 0.127 e. The largest absolute Gasteiger partial charge is 0.493 e. The number of hydrogen-bond acceptors (Lipinski definition) is 3. The minimum absolute atomic E-state index is 0.111. The van der Waals surface area contributed by atoms with Gasteiger partial charge in [-0.05, 0) is 24.4 Å². The van der Waals surface area contributed by atoms with Crippen LogP contribution in [0.25, 0.3) is 10.8 Å². The van der Waals surface area contributed by atoms with E-state index in [-0.39, 0.29) is 12.6 Å². The fourth-order valence-electron chi connectivity index (χ4n) is 2.18. The number of aliphatic hydroxyl groups excluding tert-OH is 1. The zero-order chi connectivity index (χ0) is 13.5. The monoisotopic (exact) mass is 259 g/mol. The molecule has 2 N–H and O–H groups in total. The first kappa shape index (κ1) is 13.8. The summed E-state index contributed by atoms with van der Waals surface area (Å²) in [6.45, 7) is 3.65. The molecule has 1 unspecified atom stereocenters. The summed E-state index contributed by atoms with van der Waals surface area (Å²) in [5.74, 6) is 0.909. The zero-order valence-electron chi connectivity index (χ0n) is 11.3. The number of benzene rings is 2. The lowest BCUT2D eigenvalue weighted by Crippen LogP contribution is -2.33. The van der Waals surface area contributed by atoms with Crippen LogP contribution in [0.4, 0.5) is 0 Å². The van der Waals surface area contributed by atoms with Crippen molar-refractivity contribution in [3.05, 3.63) is 42.5 Å². The van der Waals surface area contributed by atoms with Gasteiger partial charge in [0.05, 0.1) is 13.2 Å². The third-order valence-corrected chi connectivity index (χ3v) is 3.19. The van der Waals surface area contributed by atoms with Crippen LogP contribution in [-0.2, 0) is 0 Å². The Hall–Kier alpha value is -1.58. The zero-order valence-corrected chi connectivity index (χ0v) is 11.3. The third kappa shape index (κ3) is 3.69. The van der Waals surface area contributed by atoms with Crippen molar-refractivity contribution >= 4 is 10.8 Å². The lowest BCUT2D eigenvalue weighted by atomic mass is 10.1. The van der Waals surface area contributed by atoms with Crippen LogP contribution < -0.4 is 10.1 Å². The second-order valence-electron chi connectivity index (χ2n) is 4.55. The van der Waals surface area contributed by atoms with Crippen LogP contribution in [0, 0.1) is 0 Å². The van der Waals surface area contributed by atoms with Crippen molar-refractivity contribution < 1.29 is 9.84 Å². The highest BCUT2D eigenvalue weighted by Crippen LogP contribution is 2.25. The maximum atomic E-state index is 9.21. The highest BCUT2D eigenvalue weighted by Gasteiger charge is 2.06. The van der Waals surface area contributed by atoms with Crippen molar-refractivity contribution in [3.8, 4) is 5.75 Å². The van der Waals surface area contributed by atoms with E-state index in [1.807, 2.05) is 31.2 Å². The van der Waals surface area contributed by atoms with E-state index in [9.17, 15) is 5.11 Å². The van der Waals surface area contributed by atoms with Gasteiger partial charge < -0.3 is 15.2 Å². The average Bonchev–Trinajstić information content (AvgIpc) is 2.46. The van der Waals surface area contributed by atoms with Crippen molar-refractivity contribution in [2.24, 2.45) is 0 Å². The number of ether oxygens (including phenoxy) is 1. The Kier molecular flexibility index (Phi) is 5.19. The van der Waals surface area contributed by atoms with E-state index in [1.165, 1.54) is 5.39 Å². The number of nitrogens with one attached hydrogen (secondary N) is 1. The summed E-state index contributed by atoms with van der Waals surface area (Å²) in [5.41, 5.74) is 0. The molecule has 2 rings (SSSR count). The summed E-state index contributed by atoms with van der Waals surface area (Å²) in [4.78, 5) is 0. The van der Waals surface area contributed by atoms with Crippen LogP contribution in [0.1, 0.15) is 13.3 Å². The van der Waals surface area contributed by atoms with Gasteiger partial charge in [-0.3, -0.25) is 0 Å². The summed E-state index contributed by atoms with van der Waals surface area (Å²) in [6, 6.07) is 14.4. The first-order chi connectivity index (χ1) is 9.35. The Morgan fingerprint density at radius 3 is 2.74 bits per heavy atom. The van der Waals surface area contributed by atoms with E-state index in [0.717, 1.165) is 24.1 Å². The number of aliphatic hydroxyl groups is 1. The first-order valence-electron chi connectivity index (χ1n) is 6.80. The Morgan fingerprint density at radius 2 is 1.95 bits per heavy atom. The SMILES string of the molecule is CCNC(CO)CCOc1cccc2ccccc12. The minimum Gasteiger partial charge on any atom is -0.493 e. The normalized spacial score (nSPS) is 12.5. The van der Waals surface area contributed by atoms with Crippen LogP contribution in [0.2, 0.25) is 0 Å². The van der Waals surface area contributed by atoms with Crippen molar-refractivity contribution in [2.75, 3.05) is 19.8 Å². The Labute approximate surface area is 114 Å². The molecule has 0 saturated heterocycles. The molecule has 0 fully saturated rings. The molecule has 0 bridgehead atoms. The van der Waals surface area contributed by atoms with E-state index < -0.39 is 0 Å². The maximum absolute atomic E-state index is 9.21. The van der Waals surface area contributed by atoms with Crippen molar-refractivity contribution in [3.63, 3.8) is 0 Å². The topological polar surface area (TPSA) is 41.5 Å². The van der Waals surface area contributed by atoms with Gasteiger partial charge >= 0.3 is 0 Å². The van der Waals surface area contributed by atoms with Gasteiger partial charge in [-0.1, -0.05) is 43.3 Å². The molecular formula is C16H21NO2. The standard InChI is InChI=1S/C16H21NO2/c1-2-17-14(12-18)10-11-19-16-9-5-7-13-6-3-4-8-15(13)16/h3-9,14,17-18H,2,10-12H2,1H3. The molecule has 0 aliphatic heterocycles. The molecule has 2 aromatic carbocycles. The fraction of sp³-hybridized carbons (Fsp3) is 0.375. The number of likely N-dealkylation sites (N-methyl/N-ethyl adjacent to an activating group) is 1. The Morgan fingerprint density at radius 1 is 1.16 bits per heavy atom. The van der Waals surface area contributed by atoms with Crippen molar-refractivity contribution in [2.45, 2.75) is 19.4 Å². The number of hydrogen-bond donors (Lipinski definition) is 2. The Bertz CT molecular complexity index is 508. The van der Waals surface area contributed by atoms with Gasteiger partial charge in [-0.2, -0.15) is 0 Å². The second kappa shape index (κ2) is 7.12. The number of fused-ring (bicyclic) bond motifs is 1. The molecule has 3 nitrogen and oxygen atoms in total. The molecule has 19 heavy (non-hydrogen) atoms. The molecule has 0 aliphatic carbocycles. The molecule has 1 atom stereocenters. The van der Waals surface area contributed by atoms with Crippen LogP contribution in [0.5, 0.6) is 5.75 Å². The average molecular weight is 259 g/mol. The lowest BCUT2D eigenvalue weighted by Gasteiger charge is -2.16. The first-order valence-corrected chi connectivity index (χ1v) is 6.80. The van der Waals surface area contributed by atoms with E-state index in [2.05, 4.69) is 23.5 Å². The van der Waals surface area contributed by atoms with Gasteiger partial charge in [-0.25, -0.2) is 0 Å². The maximum Gasteiger partial charge on any atom is 0.127 e. The molecular weight excluding hydrogens is 238 g/mol. The van der Waals surface area contributed by atoms with Gasteiger partial charge in [0.25, 0.3) is 0 Å². The molecule has 0 spiro atoms. The fourth-order valence-corrected chi connectivity index (χ4v) is 2.18. The third-order valence-electron chi connectivity index (χ3n) is 3.19. The van der Waals surface area contributed by atoms with Gasteiger partial charge in [-0.15, -0.1) is 0 Å².